The van der Waals surface area contributed by atoms with Gasteiger partial charge in [-0.1, -0.05) is 12.1 Å². The normalized spacial score (nSPS) is 25.8. The maximum Gasteiger partial charge on any atom is 0.146 e. The lowest BCUT2D eigenvalue weighted by Gasteiger charge is -2.42. The highest BCUT2D eigenvalue weighted by atomic mass is 19.1. The molecule has 0 aliphatic carbocycles. The van der Waals surface area contributed by atoms with Crippen LogP contribution in [0.2, 0.25) is 0 Å². The van der Waals surface area contributed by atoms with Gasteiger partial charge in [-0.25, -0.2) is 4.39 Å². The predicted octanol–water partition coefficient (Wildman–Crippen LogP) is 1.32. The van der Waals surface area contributed by atoms with Gasteiger partial charge in [0, 0.05) is 45.3 Å². The van der Waals surface area contributed by atoms with Crippen LogP contribution in [0.3, 0.4) is 0 Å². The van der Waals surface area contributed by atoms with Crippen LogP contribution in [-0.2, 0) is 4.74 Å². The molecule has 0 radical (unpaired) electrons. The molecule has 2 saturated heterocycles. The van der Waals surface area contributed by atoms with Gasteiger partial charge in [-0.3, -0.25) is 4.90 Å². The van der Waals surface area contributed by atoms with Crippen molar-refractivity contribution in [3.8, 4) is 0 Å². The molecule has 0 aromatic heterocycles. The van der Waals surface area contributed by atoms with Gasteiger partial charge in [0.25, 0.3) is 0 Å². The molecule has 3 rings (SSSR count). The molecule has 1 aromatic carbocycles. The van der Waals surface area contributed by atoms with E-state index in [1.54, 1.807) is 6.07 Å². The summed E-state index contributed by atoms with van der Waals surface area (Å²) in [7, 11) is 0. The summed E-state index contributed by atoms with van der Waals surface area (Å²) < 4.78 is 19.7. The fourth-order valence-corrected chi connectivity index (χ4v) is 3.21. The molecule has 116 valence electrons. The standard InChI is InChI=1S/C16H24FN3O/c1-13(16-12-18-6-11-21-16)19-7-9-20(10-8-19)15-5-3-2-4-14(15)17/h2-5,13,16,18H,6-12H2,1H3. The summed E-state index contributed by atoms with van der Waals surface area (Å²) in [6.45, 7) is 8.54. The summed E-state index contributed by atoms with van der Waals surface area (Å²) in [6.07, 6.45) is 0.263. The van der Waals surface area contributed by atoms with Gasteiger partial charge in [0.1, 0.15) is 5.82 Å². The summed E-state index contributed by atoms with van der Waals surface area (Å²) in [6, 6.07) is 7.44. The number of para-hydroxylation sites is 1. The second-order valence-corrected chi connectivity index (χ2v) is 5.83. The van der Waals surface area contributed by atoms with Gasteiger partial charge >= 0.3 is 0 Å². The molecule has 2 heterocycles. The van der Waals surface area contributed by atoms with Crippen LogP contribution in [0, 0.1) is 5.82 Å². The molecular weight excluding hydrogens is 269 g/mol. The van der Waals surface area contributed by atoms with Crippen LogP contribution in [0.25, 0.3) is 0 Å². The Kier molecular flexibility index (Phi) is 4.73. The Morgan fingerprint density at radius 2 is 2.00 bits per heavy atom. The lowest BCUT2D eigenvalue weighted by atomic mass is 10.1. The topological polar surface area (TPSA) is 27.7 Å². The molecule has 1 aromatic rings. The lowest BCUT2D eigenvalue weighted by Crippen LogP contribution is -2.56. The summed E-state index contributed by atoms with van der Waals surface area (Å²) >= 11 is 0. The summed E-state index contributed by atoms with van der Waals surface area (Å²) in [5.41, 5.74) is 0.723. The van der Waals surface area contributed by atoms with E-state index in [1.807, 2.05) is 12.1 Å². The molecule has 21 heavy (non-hydrogen) atoms. The number of nitrogens with zero attached hydrogens (tertiary/aromatic N) is 2. The maximum absolute atomic E-state index is 13.8. The Bertz CT molecular complexity index is 457. The highest BCUT2D eigenvalue weighted by Gasteiger charge is 2.29. The molecule has 5 heteroatoms. The summed E-state index contributed by atoms with van der Waals surface area (Å²) in [4.78, 5) is 4.59. The first-order valence-corrected chi connectivity index (χ1v) is 7.81. The first-order chi connectivity index (χ1) is 10.3. The number of halogens is 1. The Labute approximate surface area is 125 Å². The third-order valence-electron chi connectivity index (χ3n) is 4.58. The fourth-order valence-electron chi connectivity index (χ4n) is 3.21. The van der Waals surface area contributed by atoms with Gasteiger partial charge in [-0.05, 0) is 19.1 Å². The van der Waals surface area contributed by atoms with Crippen LogP contribution in [0.5, 0.6) is 0 Å². The van der Waals surface area contributed by atoms with Crippen molar-refractivity contribution in [2.24, 2.45) is 0 Å². The van der Waals surface area contributed by atoms with Crippen LogP contribution in [0.4, 0.5) is 10.1 Å². The van der Waals surface area contributed by atoms with Crippen molar-refractivity contribution >= 4 is 5.69 Å². The van der Waals surface area contributed by atoms with Gasteiger partial charge < -0.3 is 15.0 Å². The van der Waals surface area contributed by atoms with Gasteiger partial charge in [0.2, 0.25) is 0 Å². The van der Waals surface area contributed by atoms with Crippen molar-refractivity contribution < 1.29 is 9.13 Å². The maximum atomic E-state index is 13.8. The predicted molar refractivity (Wildman–Crippen MR) is 82.3 cm³/mol. The molecule has 2 unspecified atom stereocenters. The Morgan fingerprint density at radius 3 is 2.67 bits per heavy atom. The van der Waals surface area contributed by atoms with E-state index in [0.717, 1.165) is 51.6 Å². The molecule has 2 aliphatic heterocycles. The van der Waals surface area contributed by atoms with E-state index in [2.05, 4.69) is 22.0 Å². The number of ether oxygens (including phenoxy) is 1. The van der Waals surface area contributed by atoms with Crippen LogP contribution in [-0.4, -0.2) is 62.9 Å². The second-order valence-electron chi connectivity index (χ2n) is 5.83. The average Bonchev–Trinajstić information content (AvgIpc) is 2.56. The van der Waals surface area contributed by atoms with Crippen molar-refractivity contribution in [3.05, 3.63) is 30.1 Å². The fraction of sp³-hybridized carbons (Fsp3) is 0.625. The van der Waals surface area contributed by atoms with Crippen LogP contribution in [0.15, 0.2) is 24.3 Å². The number of benzene rings is 1. The highest BCUT2D eigenvalue weighted by molar-refractivity contribution is 5.48. The van der Waals surface area contributed by atoms with E-state index in [1.165, 1.54) is 6.07 Å². The second kappa shape index (κ2) is 6.73. The minimum atomic E-state index is -0.126. The van der Waals surface area contributed by atoms with Crippen LogP contribution < -0.4 is 10.2 Å². The molecule has 2 atom stereocenters. The van der Waals surface area contributed by atoms with Gasteiger partial charge in [-0.2, -0.15) is 0 Å². The minimum Gasteiger partial charge on any atom is -0.374 e. The largest absolute Gasteiger partial charge is 0.374 e. The van der Waals surface area contributed by atoms with E-state index in [4.69, 9.17) is 4.74 Å². The zero-order chi connectivity index (χ0) is 14.7. The molecule has 4 nitrogen and oxygen atoms in total. The molecule has 0 spiro atoms. The molecule has 2 aliphatic rings. The monoisotopic (exact) mass is 293 g/mol. The van der Waals surface area contributed by atoms with Crippen molar-refractivity contribution in [1.29, 1.82) is 0 Å². The Hall–Kier alpha value is -1.17. The van der Waals surface area contributed by atoms with E-state index in [-0.39, 0.29) is 11.9 Å². The Balaban J connectivity index is 1.56. The quantitative estimate of drug-likeness (QED) is 0.910. The number of anilines is 1. The third kappa shape index (κ3) is 3.36. The van der Waals surface area contributed by atoms with Crippen molar-refractivity contribution in [3.63, 3.8) is 0 Å². The number of hydrogen-bond donors (Lipinski definition) is 1. The molecule has 0 bridgehead atoms. The number of morpholine rings is 1. The van der Waals surface area contributed by atoms with Crippen molar-refractivity contribution in [2.45, 2.75) is 19.1 Å². The number of nitrogens with one attached hydrogen (secondary N) is 1. The lowest BCUT2D eigenvalue weighted by molar-refractivity contribution is -0.0272. The zero-order valence-corrected chi connectivity index (χ0v) is 12.6. The van der Waals surface area contributed by atoms with E-state index < -0.39 is 0 Å². The SMILES string of the molecule is CC(C1CNCCO1)N1CCN(c2ccccc2F)CC1. The number of piperazine rings is 1. The molecule has 1 N–H and O–H groups in total. The van der Waals surface area contributed by atoms with Crippen molar-refractivity contribution in [1.82, 2.24) is 10.2 Å². The third-order valence-corrected chi connectivity index (χ3v) is 4.58. The highest BCUT2D eigenvalue weighted by Crippen LogP contribution is 2.21. The average molecular weight is 293 g/mol. The van der Waals surface area contributed by atoms with Crippen LogP contribution >= 0.6 is 0 Å². The summed E-state index contributed by atoms with van der Waals surface area (Å²) in [5, 5.41) is 3.39. The van der Waals surface area contributed by atoms with Gasteiger partial charge in [-0.15, -0.1) is 0 Å². The van der Waals surface area contributed by atoms with E-state index in [0.29, 0.717) is 6.04 Å². The molecule has 0 amide bonds. The van der Waals surface area contributed by atoms with Gasteiger partial charge in [0.05, 0.1) is 18.4 Å². The molecule has 0 saturated carbocycles. The Morgan fingerprint density at radius 1 is 1.24 bits per heavy atom. The van der Waals surface area contributed by atoms with Crippen molar-refractivity contribution in [2.75, 3.05) is 50.8 Å². The number of rotatable bonds is 3. The summed E-state index contributed by atoms with van der Waals surface area (Å²) in [5.74, 6) is -0.126. The minimum absolute atomic E-state index is 0.126. The molecule has 2 fully saturated rings. The molecular formula is C16H24FN3O. The smallest absolute Gasteiger partial charge is 0.146 e. The van der Waals surface area contributed by atoms with Gasteiger partial charge in [0.15, 0.2) is 0 Å². The first kappa shape index (κ1) is 14.8. The van der Waals surface area contributed by atoms with Crippen LogP contribution in [0.1, 0.15) is 6.92 Å². The van der Waals surface area contributed by atoms with E-state index in [9.17, 15) is 4.39 Å². The van der Waals surface area contributed by atoms with E-state index >= 15 is 0 Å². The number of hydrogen-bond acceptors (Lipinski definition) is 4. The first-order valence-electron chi connectivity index (χ1n) is 7.81. The zero-order valence-electron chi connectivity index (χ0n) is 12.6.